The first kappa shape index (κ1) is 55.8. The number of fused-ring (bicyclic) bond motifs is 21. The first-order chi connectivity index (χ1) is 49.7. The first-order valence-electron chi connectivity index (χ1n) is 34.4. The Balaban J connectivity index is 0.000000131. The van der Waals surface area contributed by atoms with Crippen LogP contribution in [0.25, 0.3) is 187 Å². The third-order valence-electron chi connectivity index (χ3n) is 21.1. The molecule has 0 amide bonds. The largest absolute Gasteiger partial charge is 0.309 e. The van der Waals surface area contributed by atoms with Gasteiger partial charge in [-0.1, -0.05) is 237 Å². The van der Waals surface area contributed by atoms with Crippen LogP contribution < -0.4 is 0 Å². The van der Waals surface area contributed by atoms with Crippen molar-refractivity contribution in [3.05, 3.63) is 364 Å². The van der Waals surface area contributed by atoms with Crippen molar-refractivity contribution < 1.29 is 0 Å². The molecule has 100 heavy (non-hydrogen) atoms. The molecule has 0 bridgehead atoms. The molecule has 16 aromatic carbocycles. The molecular formula is C94H60N6. The number of aromatic nitrogens is 6. The van der Waals surface area contributed by atoms with Crippen molar-refractivity contribution in [2.45, 2.75) is 0 Å². The van der Waals surface area contributed by atoms with Crippen molar-refractivity contribution in [1.82, 2.24) is 27.4 Å². The molecule has 6 nitrogen and oxygen atoms in total. The van der Waals surface area contributed by atoms with Gasteiger partial charge >= 0.3 is 0 Å². The molecule has 0 aliphatic heterocycles. The maximum Gasteiger partial charge on any atom is 0.0641 e. The Morgan fingerprint density at radius 1 is 0.140 bits per heavy atom. The van der Waals surface area contributed by atoms with E-state index >= 15 is 0 Å². The molecular weight excluding hydrogens is 1210 g/mol. The second-order valence-electron chi connectivity index (χ2n) is 26.3. The lowest BCUT2D eigenvalue weighted by atomic mass is 10.1. The van der Waals surface area contributed by atoms with Gasteiger partial charge in [0.2, 0.25) is 0 Å². The van der Waals surface area contributed by atoms with Crippen LogP contribution in [0.1, 0.15) is 0 Å². The predicted octanol–water partition coefficient (Wildman–Crippen LogP) is 24.8. The summed E-state index contributed by atoms with van der Waals surface area (Å²) in [4.78, 5) is 0. The lowest BCUT2D eigenvalue weighted by Crippen LogP contribution is -1.97. The number of hydrogen-bond acceptors (Lipinski definition) is 0. The van der Waals surface area contributed by atoms with Crippen LogP contribution >= 0.6 is 0 Å². The minimum absolute atomic E-state index is 1.14. The molecule has 0 aliphatic rings. The zero-order chi connectivity index (χ0) is 65.5. The Kier molecular flexibility index (Phi) is 12.3. The van der Waals surface area contributed by atoms with Gasteiger partial charge in [0.15, 0.2) is 0 Å². The number of nitrogens with zero attached hydrogens (tertiary/aromatic N) is 6. The van der Waals surface area contributed by atoms with Crippen molar-refractivity contribution in [2.24, 2.45) is 0 Å². The van der Waals surface area contributed by atoms with Crippen molar-refractivity contribution in [2.75, 3.05) is 0 Å². The Bertz CT molecular complexity index is 6940. The smallest absolute Gasteiger partial charge is 0.0641 e. The molecule has 6 aromatic heterocycles. The van der Waals surface area contributed by atoms with Gasteiger partial charge in [-0.05, 0) is 144 Å². The summed E-state index contributed by atoms with van der Waals surface area (Å²) in [6, 6.07) is 133. The summed E-state index contributed by atoms with van der Waals surface area (Å²) in [5, 5.41) is 17.6. The molecule has 6 heterocycles. The molecule has 22 aromatic rings. The van der Waals surface area contributed by atoms with Crippen molar-refractivity contribution in [3.63, 3.8) is 0 Å². The molecule has 22 rings (SSSR count). The van der Waals surface area contributed by atoms with Gasteiger partial charge in [0.05, 0.1) is 71.9 Å². The summed E-state index contributed by atoms with van der Waals surface area (Å²) in [5.41, 5.74) is 23.9. The first-order valence-corrected chi connectivity index (χ1v) is 34.4. The number of hydrogen-bond donors (Lipinski definition) is 0. The van der Waals surface area contributed by atoms with Gasteiger partial charge in [-0.3, -0.25) is 0 Å². The fraction of sp³-hybridized carbons (Fsp3) is 0. The van der Waals surface area contributed by atoms with E-state index in [-0.39, 0.29) is 0 Å². The molecule has 0 atom stereocenters. The Morgan fingerprint density at radius 2 is 0.410 bits per heavy atom. The SMILES string of the molecule is c1ccc(-c2ccc(-n3c4ccccc4c4ccc5c(c6ccccc6n5-c5ccc(-n6c7ccccc7c7ccccc76)cc5)c43)cc2)cc1.c1ccc2c(-n3c4ccccc4c4ccc5c(c6ccccc6n5-c5ccc(-n6c7ccccc7c7ccccc76)cc5)c43)cccc2c1. The van der Waals surface area contributed by atoms with Crippen LogP contribution in [0.5, 0.6) is 0 Å². The fourth-order valence-electron chi connectivity index (χ4n) is 16.8. The van der Waals surface area contributed by atoms with Gasteiger partial charge in [-0.25, -0.2) is 0 Å². The van der Waals surface area contributed by atoms with E-state index < -0.39 is 0 Å². The molecule has 0 N–H and O–H groups in total. The van der Waals surface area contributed by atoms with E-state index in [9.17, 15) is 0 Å². The summed E-state index contributed by atoms with van der Waals surface area (Å²) < 4.78 is 14.6. The Morgan fingerprint density at radius 3 is 0.830 bits per heavy atom. The molecule has 6 heteroatoms. The molecule has 0 saturated heterocycles. The third kappa shape index (κ3) is 8.25. The maximum absolute atomic E-state index is 2.50. The highest BCUT2D eigenvalue weighted by atomic mass is 15.0. The summed E-state index contributed by atoms with van der Waals surface area (Å²) in [7, 11) is 0. The van der Waals surface area contributed by atoms with Crippen molar-refractivity contribution >= 4 is 142 Å². The van der Waals surface area contributed by atoms with Crippen LogP contribution in [0, 0.1) is 0 Å². The number of para-hydroxylation sites is 8. The number of rotatable bonds is 7. The average molecular weight is 1270 g/mol. The van der Waals surface area contributed by atoms with E-state index in [4.69, 9.17) is 0 Å². The van der Waals surface area contributed by atoms with E-state index in [1.807, 2.05) is 0 Å². The molecule has 0 spiro atoms. The van der Waals surface area contributed by atoms with Gasteiger partial charge in [0, 0.05) is 98.5 Å². The zero-order valence-corrected chi connectivity index (χ0v) is 54.3. The lowest BCUT2D eigenvalue weighted by molar-refractivity contribution is 1.14. The van der Waals surface area contributed by atoms with Crippen LogP contribution in [0.3, 0.4) is 0 Å². The molecule has 0 saturated carbocycles. The second kappa shape index (κ2) is 22.1. The normalized spacial score (nSPS) is 12.0. The minimum atomic E-state index is 1.14. The van der Waals surface area contributed by atoms with Crippen LogP contribution in [0.2, 0.25) is 0 Å². The summed E-state index contributed by atoms with van der Waals surface area (Å²) in [5.74, 6) is 0. The predicted molar refractivity (Wildman–Crippen MR) is 422 cm³/mol. The summed E-state index contributed by atoms with van der Waals surface area (Å²) >= 11 is 0. The van der Waals surface area contributed by atoms with Crippen LogP contribution in [0.15, 0.2) is 364 Å². The molecule has 0 fully saturated rings. The molecule has 0 unspecified atom stereocenters. The van der Waals surface area contributed by atoms with E-state index in [2.05, 4.69) is 391 Å². The number of benzene rings is 16. The second-order valence-corrected chi connectivity index (χ2v) is 26.3. The lowest BCUT2D eigenvalue weighted by Gasteiger charge is -2.13. The zero-order valence-electron chi connectivity index (χ0n) is 54.3. The molecule has 0 aliphatic carbocycles. The quantitative estimate of drug-likeness (QED) is 0.152. The van der Waals surface area contributed by atoms with Crippen LogP contribution in [0.4, 0.5) is 0 Å². The summed E-state index contributed by atoms with van der Waals surface area (Å²) in [6.07, 6.45) is 0. The Hall–Kier alpha value is -13.4. The Labute approximate surface area is 574 Å². The van der Waals surface area contributed by atoms with E-state index in [1.54, 1.807) is 0 Å². The molecule has 466 valence electrons. The molecule has 0 radical (unpaired) electrons. The van der Waals surface area contributed by atoms with Crippen LogP contribution in [-0.4, -0.2) is 27.4 Å². The monoisotopic (exact) mass is 1270 g/mol. The van der Waals surface area contributed by atoms with E-state index in [0.717, 1.165) is 28.4 Å². The summed E-state index contributed by atoms with van der Waals surface area (Å²) in [6.45, 7) is 0. The maximum atomic E-state index is 2.50. The highest BCUT2D eigenvalue weighted by molar-refractivity contribution is 6.28. The highest BCUT2D eigenvalue weighted by Crippen LogP contribution is 2.46. The van der Waals surface area contributed by atoms with E-state index in [1.165, 1.54) is 158 Å². The highest BCUT2D eigenvalue weighted by Gasteiger charge is 2.25. The van der Waals surface area contributed by atoms with Gasteiger partial charge in [0.25, 0.3) is 0 Å². The van der Waals surface area contributed by atoms with Crippen LogP contribution in [-0.2, 0) is 0 Å². The van der Waals surface area contributed by atoms with Gasteiger partial charge in [-0.15, -0.1) is 0 Å². The standard InChI is InChI=1S/C48H31N3.C46H29N3/c1-2-12-32(13-3-1)33-22-24-36(25-23-33)51-44-20-10-6-16-39(44)40-30-31-46-47(48(40)51)41-17-7-11-21-45(41)50(46)35-28-26-34(27-29-35)49-42-18-8-4-14-37(42)38-15-5-9-19-43(38)49;1-2-14-33-30(12-1)13-11-23-39(33)49-42-21-9-5-17-36(42)37-28-29-44-45(46(37)49)38-18-6-10-22-43(38)48(44)32-26-24-31(25-27-32)47-40-19-7-3-15-34(40)35-16-4-8-20-41(35)47/h1-31H;1-29H. The van der Waals surface area contributed by atoms with Crippen molar-refractivity contribution in [3.8, 4) is 45.3 Å². The van der Waals surface area contributed by atoms with Gasteiger partial charge < -0.3 is 27.4 Å². The van der Waals surface area contributed by atoms with Crippen molar-refractivity contribution in [1.29, 1.82) is 0 Å². The van der Waals surface area contributed by atoms with Gasteiger partial charge in [-0.2, -0.15) is 0 Å². The third-order valence-corrected chi connectivity index (χ3v) is 21.1. The topological polar surface area (TPSA) is 29.6 Å². The fourth-order valence-corrected chi connectivity index (χ4v) is 16.8. The van der Waals surface area contributed by atoms with E-state index in [0.29, 0.717) is 0 Å². The minimum Gasteiger partial charge on any atom is -0.309 e. The van der Waals surface area contributed by atoms with Gasteiger partial charge in [0.1, 0.15) is 0 Å². The average Bonchev–Trinajstić information content (AvgIpc) is 1.55.